The van der Waals surface area contributed by atoms with Gasteiger partial charge in [0.25, 0.3) is 0 Å². The highest BCUT2D eigenvalue weighted by Gasteiger charge is 2.38. The van der Waals surface area contributed by atoms with Crippen LogP contribution in [-0.4, -0.2) is 90.6 Å². The zero-order chi connectivity index (χ0) is 37.1. The summed E-state index contributed by atoms with van der Waals surface area (Å²) in [5, 5.41) is 16.7. The number of carboxylic acid groups (broad SMARTS) is 1. The molecule has 0 bridgehead atoms. The summed E-state index contributed by atoms with van der Waals surface area (Å²) in [5.74, 6) is -0.793. The van der Waals surface area contributed by atoms with Crippen LogP contribution in [0.15, 0.2) is 42.5 Å². The first-order valence-corrected chi connectivity index (χ1v) is 19.0. The maximum absolute atomic E-state index is 12.8. The molecule has 0 aliphatic carbocycles. The van der Waals surface area contributed by atoms with Crippen molar-refractivity contribution in [3.8, 4) is 21.8 Å². The molecule has 11 nitrogen and oxygen atoms in total. The predicted octanol–water partition coefficient (Wildman–Crippen LogP) is 8.22. The third-order valence-corrected chi connectivity index (χ3v) is 11.2. The fourth-order valence-corrected chi connectivity index (χ4v) is 8.58. The Morgan fingerprint density at radius 1 is 1.04 bits per heavy atom. The lowest BCUT2D eigenvalue weighted by Crippen LogP contribution is -2.62. The van der Waals surface area contributed by atoms with Gasteiger partial charge in [0.1, 0.15) is 10.5 Å². The van der Waals surface area contributed by atoms with Gasteiger partial charge in [-0.05, 0) is 109 Å². The maximum Gasteiger partial charge on any atom is 0.410 e. The Morgan fingerprint density at radius 2 is 1.73 bits per heavy atom. The molecule has 0 saturated carbocycles. The molecule has 0 spiro atoms. The van der Waals surface area contributed by atoms with Crippen LogP contribution < -0.4 is 0 Å². The van der Waals surface area contributed by atoms with Crippen molar-refractivity contribution < 1.29 is 24.2 Å². The third kappa shape index (κ3) is 7.13. The average molecular weight is 745 g/mol. The van der Waals surface area contributed by atoms with E-state index in [1.807, 2.05) is 89.7 Å². The van der Waals surface area contributed by atoms with Crippen molar-refractivity contribution in [2.75, 3.05) is 26.2 Å². The number of likely N-dealkylation sites (tertiary alicyclic amines) is 2. The van der Waals surface area contributed by atoms with Gasteiger partial charge < -0.3 is 19.5 Å². The molecular weight excluding hydrogens is 700 g/mol. The topological polar surface area (TPSA) is 123 Å². The highest BCUT2D eigenvalue weighted by atomic mass is 35.5. The van der Waals surface area contributed by atoms with Gasteiger partial charge in [-0.2, -0.15) is 5.10 Å². The molecular formula is C39H45ClN6O5S. The smallest absolute Gasteiger partial charge is 0.410 e. The molecule has 2 aromatic carbocycles. The molecule has 1 unspecified atom stereocenters. The number of fused-ring (bicyclic) bond motifs is 2. The molecule has 3 aromatic heterocycles. The van der Waals surface area contributed by atoms with E-state index in [4.69, 9.17) is 36.1 Å². The Balaban J connectivity index is 1.21. The summed E-state index contributed by atoms with van der Waals surface area (Å²) in [5.41, 5.74) is 6.63. The van der Waals surface area contributed by atoms with E-state index in [1.165, 1.54) is 11.3 Å². The molecule has 1 amide bonds. The predicted molar refractivity (Wildman–Crippen MR) is 204 cm³/mol. The Kier molecular flexibility index (Phi) is 9.79. The van der Waals surface area contributed by atoms with Crippen molar-refractivity contribution in [1.29, 1.82) is 0 Å². The van der Waals surface area contributed by atoms with Gasteiger partial charge in [-0.25, -0.2) is 19.6 Å². The van der Waals surface area contributed by atoms with E-state index < -0.39 is 17.7 Å². The number of carboxylic acids is 1. The van der Waals surface area contributed by atoms with Gasteiger partial charge in [0.05, 0.1) is 38.8 Å². The van der Waals surface area contributed by atoms with E-state index >= 15 is 0 Å². The quantitative estimate of drug-likeness (QED) is 0.167. The van der Waals surface area contributed by atoms with Gasteiger partial charge in [-0.3, -0.25) is 9.58 Å². The van der Waals surface area contributed by atoms with Crippen LogP contribution in [0.5, 0.6) is 0 Å². The molecule has 2 aliphatic rings. The fourth-order valence-electron chi connectivity index (χ4n) is 7.36. The van der Waals surface area contributed by atoms with Crippen LogP contribution in [0.25, 0.3) is 43.1 Å². The summed E-state index contributed by atoms with van der Waals surface area (Å²) in [7, 11) is 1.96. The maximum atomic E-state index is 12.8. The minimum atomic E-state index is -1.19. The number of hydrogen-bond donors (Lipinski definition) is 1. The number of rotatable bonds is 8. The monoisotopic (exact) mass is 744 g/mol. The van der Waals surface area contributed by atoms with Crippen LogP contribution in [0.1, 0.15) is 76.3 Å². The zero-order valence-corrected chi connectivity index (χ0v) is 32.2. The second kappa shape index (κ2) is 14.0. The first-order valence-electron chi connectivity index (χ1n) is 17.8. The number of benzene rings is 2. The van der Waals surface area contributed by atoms with E-state index in [-0.39, 0.29) is 18.1 Å². The van der Waals surface area contributed by atoms with E-state index in [1.54, 1.807) is 4.90 Å². The lowest BCUT2D eigenvalue weighted by Gasteiger charge is -2.47. The summed E-state index contributed by atoms with van der Waals surface area (Å²) in [6.07, 6.45) is 0.379. The standard InChI is InChI=1S/C39H45ClN6O5S/c1-21(2)50-38(49)46-19-26(20-46)45-16-14-24(15-17-45)32-33-29(44(7)43-32)13-12-27(41-33)36-42-28-18-22(3)30(34(37(47)48)51-39(4,5)6)31(35(28)52-36)23-8-10-25(40)11-9-23/h8-13,18,21,24,26,34H,14-17,19-20H2,1-7H3,(H,47,48). The van der Waals surface area contributed by atoms with Gasteiger partial charge in [-0.15, -0.1) is 11.3 Å². The fraction of sp³-hybridized carbons (Fsp3) is 0.462. The number of nitrogens with zero attached hydrogens (tertiary/aromatic N) is 6. The molecule has 274 valence electrons. The minimum Gasteiger partial charge on any atom is -0.479 e. The summed E-state index contributed by atoms with van der Waals surface area (Å²) in [6.45, 7) is 14.5. The summed E-state index contributed by atoms with van der Waals surface area (Å²) in [6, 6.07) is 13.8. The number of ether oxygens (including phenoxy) is 2. The number of piperidine rings is 1. The number of carbonyl (C=O) groups excluding carboxylic acids is 1. The molecule has 52 heavy (non-hydrogen) atoms. The van der Waals surface area contributed by atoms with Crippen molar-refractivity contribution in [2.45, 2.75) is 84.2 Å². The molecule has 1 atom stereocenters. The van der Waals surface area contributed by atoms with E-state index in [9.17, 15) is 14.7 Å². The van der Waals surface area contributed by atoms with Crippen LogP contribution in [0, 0.1) is 6.92 Å². The first-order chi connectivity index (χ1) is 24.7. The number of hydrogen-bond acceptors (Lipinski definition) is 9. The molecule has 5 heterocycles. The first kappa shape index (κ1) is 36.3. The summed E-state index contributed by atoms with van der Waals surface area (Å²) < 4.78 is 14.3. The summed E-state index contributed by atoms with van der Waals surface area (Å²) >= 11 is 7.78. The molecule has 5 aromatic rings. The van der Waals surface area contributed by atoms with Gasteiger partial charge in [0, 0.05) is 48.2 Å². The van der Waals surface area contributed by atoms with Crippen molar-refractivity contribution in [3.63, 3.8) is 0 Å². The third-order valence-electron chi connectivity index (χ3n) is 9.85. The molecule has 2 aliphatic heterocycles. The Bertz CT molecular complexity index is 2140. The molecule has 7 rings (SSSR count). The van der Waals surface area contributed by atoms with Gasteiger partial charge in [0.15, 0.2) is 6.10 Å². The van der Waals surface area contributed by atoms with E-state index in [2.05, 4.69) is 11.0 Å². The molecule has 13 heteroatoms. The van der Waals surface area contributed by atoms with Crippen molar-refractivity contribution >= 4 is 56.3 Å². The van der Waals surface area contributed by atoms with E-state index in [0.717, 1.165) is 80.3 Å². The number of halogens is 1. The lowest BCUT2D eigenvalue weighted by molar-refractivity contribution is -0.160. The van der Waals surface area contributed by atoms with Gasteiger partial charge in [0.2, 0.25) is 0 Å². The Labute approximate surface area is 312 Å². The second-order valence-corrected chi connectivity index (χ2v) is 16.6. The van der Waals surface area contributed by atoms with Crippen LogP contribution >= 0.6 is 22.9 Å². The van der Waals surface area contributed by atoms with Crippen LogP contribution in [0.2, 0.25) is 5.02 Å². The Morgan fingerprint density at radius 3 is 2.37 bits per heavy atom. The van der Waals surface area contributed by atoms with Crippen molar-refractivity contribution in [1.82, 2.24) is 29.5 Å². The molecule has 2 fully saturated rings. The number of thiazole rings is 1. The number of aliphatic carboxylic acids is 1. The number of aromatic nitrogens is 4. The van der Waals surface area contributed by atoms with E-state index in [0.29, 0.717) is 29.7 Å². The molecule has 1 N–H and O–H groups in total. The normalized spacial score (nSPS) is 16.9. The van der Waals surface area contributed by atoms with Crippen LogP contribution in [0.4, 0.5) is 4.79 Å². The molecule has 0 radical (unpaired) electrons. The number of carbonyl (C=O) groups is 2. The minimum absolute atomic E-state index is 0.117. The number of pyridine rings is 1. The largest absolute Gasteiger partial charge is 0.479 e. The lowest BCUT2D eigenvalue weighted by atomic mass is 9.91. The van der Waals surface area contributed by atoms with Crippen molar-refractivity contribution in [2.24, 2.45) is 7.05 Å². The van der Waals surface area contributed by atoms with Gasteiger partial charge >= 0.3 is 12.1 Å². The number of amides is 1. The van der Waals surface area contributed by atoms with Gasteiger partial charge in [-0.1, -0.05) is 23.7 Å². The highest BCUT2D eigenvalue weighted by Crippen LogP contribution is 2.44. The molecule has 2 saturated heterocycles. The summed E-state index contributed by atoms with van der Waals surface area (Å²) in [4.78, 5) is 39.6. The van der Waals surface area contributed by atoms with Crippen LogP contribution in [0.3, 0.4) is 0 Å². The van der Waals surface area contributed by atoms with Crippen LogP contribution in [-0.2, 0) is 21.3 Å². The number of aryl methyl sites for hydroxylation is 2. The average Bonchev–Trinajstić information content (AvgIpc) is 3.63. The Hall–Kier alpha value is -4.10. The second-order valence-electron chi connectivity index (χ2n) is 15.2. The highest BCUT2D eigenvalue weighted by molar-refractivity contribution is 7.22. The SMILES string of the molecule is Cc1cc2nc(-c3ccc4c(n3)c(C3CCN(C5CN(C(=O)OC(C)C)C5)CC3)nn4C)sc2c(-c2ccc(Cl)cc2)c1C(OC(C)(C)C)C(=O)O. The zero-order valence-electron chi connectivity index (χ0n) is 30.6. The van der Waals surface area contributed by atoms with Crippen molar-refractivity contribution in [3.05, 3.63) is 64.3 Å².